The Hall–Kier alpha value is -1.89. The molecular formula is C20H25N3O2S. The van der Waals surface area contributed by atoms with Crippen molar-refractivity contribution >= 4 is 17.4 Å². The second kappa shape index (κ2) is 8.20. The van der Waals surface area contributed by atoms with Gasteiger partial charge in [-0.25, -0.2) is 4.79 Å². The van der Waals surface area contributed by atoms with Crippen molar-refractivity contribution in [3.8, 4) is 0 Å². The van der Waals surface area contributed by atoms with E-state index in [1.807, 2.05) is 11.0 Å². The number of urea groups is 1. The molecule has 0 spiro atoms. The second-order valence-electron chi connectivity index (χ2n) is 6.86. The smallest absolute Gasteiger partial charge is 0.317 e. The summed E-state index contributed by atoms with van der Waals surface area (Å²) in [4.78, 5) is 18.3. The zero-order valence-corrected chi connectivity index (χ0v) is 15.8. The van der Waals surface area contributed by atoms with Gasteiger partial charge in [0.2, 0.25) is 0 Å². The Morgan fingerprint density at radius 3 is 2.77 bits per heavy atom. The van der Waals surface area contributed by atoms with Gasteiger partial charge in [-0.2, -0.15) is 0 Å². The Morgan fingerprint density at radius 1 is 1.12 bits per heavy atom. The molecule has 0 atom stereocenters. The Balaban J connectivity index is 1.35. The fourth-order valence-corrected chi connectivity index (χ4v) is 4.48. The molecule has 3 heterocycles. The molecule has 1 saturated heterocycles. The van der Waals surface area contributed by atoms with Crippen molar-refractivity contribution in [2.24, 2.45) is 0 Å². The first-order valence-corrected chi connectivity index (χ1v) is 10.1. The van der Waals surface area contributed by atoms with Crippen molar-refractivity contribution < 1.29 is 9.53 Å². The summed E-state index contributed by atoms with van der Waals surface area (Å²) in [5.41, 5.74) is 3.78. The average molecular weight is 372 g/mol. The number of hydrogen-bond donors (Lipinski definition) is 1. The monoisotopic (exact) mass is 371 g/mol. The van der Waals surface area contributed by atoms with E-state index in [0.717, 1.165) is 52.4 Å². The Labute approximate surface area is 158 Å². The van der Waals surface area contributed by atoms with Gasteiger partial charge in [-0.05, 0) is 34.6 Å². The molecule has 0 aliphatic carbocycles. The summed E-state index contributed by atoms with van der Waals surface area (Å²) in [7, 11) is 0. The molecule has 1 N–H and O–H groups in total. The van der Waals surface area contributed by atoms with E-state index < -0.39 is 0 Å². The Bertz CT molecular complexity index is 755. The predicted molar refractivity (Wildman–Crippen MR) is 103 cm³/mol. The third-order valence-corrected chi connectivity index (χ3v) is 6.16. The summed E-state index contributed by atoms with van der Waals surface area (Å²) in [6.07, 6.45) is 0.966. The van der Waals surface area contributed by atoms with Crippen molar-refractivity contribution in [2.45, 2.75) is 26.1 Å². The number of ether oxygens (including phenoxy) is 1. The molecule has 5 nitrogen and oxygen atoms in total. The van der Waals surface area contributed by atoms with Gasteiger partial charge in [-0.15, -0.1) is 11.3 Å². The van der Waals surface area contributed by atoms with Gasteiger partial charge in [0.15, 0.2) is 0 Å². The molecule has 6 heteroatoms. The number of amides is 2. The van der Waals surface area contributed by atoms with Gasteiger partial charge < -0.3 is 15.0 Å². The maximum absolute atomic E-state index is 12.6. The fourth-order valence-electron chi connectivity index (χ4n) is 3.59. The number of rotatable bonds is 4. The van der Waals surface area contributed by atoms with Gasteiger partial charge in [0.1, 0.15) is 0 Å². The minimum Gasteiger partial charge on any atom is -0.379 e. The molecule has 2 aromatic rings. The van der Waals surface area contributed by atoms with Crippen LogP contribution < -0.4 is 5.32 Å². The van der Waals surface area contributed by atoms with Crippen LogP contribution in [-0.4, -0.2) is 48.7 Å². The molecule has 1 aromatic heterocycles. The van der Waals surface area contributed by atoms with Gasteiger partial charge in [-0.1, -0.05) is 24.3 Å². The van der Waals surface area contributed by atoms with Crippen LogP contribution in [0.4, 0.5) is 4.79 Å². The van der Waals surface area contributed by atoms with E-state index >= 15 is 0 Å². The van der Waals surface area contributed by atoms with Crippen LogP contribution in [0.25, 0.3) is 0 Å². The summed E-state index contributed by atoms with van der Waals surface area (Å²) in [6.45, 7) is 6.56. The van der Waals surface area contributed by atoms with Crippen molar-refractivity contribution in [1.29, 1.82) is 0 Å². The minimum absolute atomic E-state index is 0.0306. The second-order valence-corrected chi connectivity index (χ2v) is 7.86. The maximum atomic E-state index is 12.6. The number of carbonyl (C=O) groups excluding carboxylic acids is 1. The molecule has 1 fully saturated rings. The minimum atomic E-state index is 0.0306. The number of benzene rings is 1. The lowest BCUT2D eigenvalue weighted by molar-refractivity contribution is 0.0340. The lowest BCUT2D eigenvalue weighted by Crippen LogP contribution is -2.42. The lowest BCUT2D eigenvalue weighted by Gasteiger charge is -2.28. The summed E-state index contributed by atoms with van der Waals surface area (Å²) >= 11 is 1.80. The first kappa shape index (κ1) is 17.5. The van der Waals surface area contributed by atoms with Crippen LogP contribution in [0.15, 0.2) is 35.7 Å². The highest BCUT2D eigenvalue weighted by atomic mass is 32.1. The first-order chi connectivity index (χ1) is 12.8. The predicted octanol–water partition coefficient (Wildman–Crippen LogP) is 2.85. The molecule has 138 valence electrons. The molecule has 1 aromatic carbocycles. The molecule has 0 bridgehead atoms. The highest BCUT2D eigenvalue weighted by Crippen LogP contribution is 2.24. The molecule has 0 saturated carbocycles. The number of carbonyl (C=O) groups is 1. The molecule has 2 amide bonds. The number of thiophene rings is 1. The van der Waals surface area contributed by atoms with Crippen molar-refractivity contribution in [3.63, 3.8) is 0 Å². The third-order valence-electron chi connectivity index (χ3n) is 5.14. The van der Waals surface area contributed by atoms with E-state index in [4.69, 9.17) is 4.74 Å². The van der Waals surface area contributed by atoms with E-state index in [-0.39, 0.29) is 6.03 Å². The van der Waals surface area contributed by atoms with Crippen LogP contribution in [0.1, 0.15) is 21.6 Å². The highest BCUT2D eigenvalue weighted by Gasteiger charge is 2.21. The average Bonchev–Trinajstić information content (AvgIpc) is 3.16. The largest absolute Gasteiger partial charge is 0.379 e. The number of fused-ring (bicyclic) bond motifs is 1. The standard InChI is InChI=1S/C20H25N3O2S/c24-20(23-7-5-19-18(15-23)6-12-26-19)21-13-16-3-1-2-4-17(16)14-22-8-10-25-11-9-22/h1-4,6,12H,5,7-11,13-15H2,(H,21,24). The number of nitrogens with one attached hydrogen (secondary N) is 1. The maximum Gasteiger partial charge on any atom is 0.317 e. The number of hydrogen-bond acceptors (Lipinski definition) is 4. The van der Waals surface area contributed by atoms with Gasteiger partial charge in [-0.3, -0.25) is 4.90 Å². The van der Waals surface area contributed by atoms with Crippen LogP contribution in [0.3, 0.4) is 0 Å². The Morgan fingerprint density at radius 2 is 1.92 bits per heavy atom. The number of nitrogens with zero attached hydrogens (tertiary/aromatic N) is 2. The first-order valence-electron chi connectivity index (χ1n) is 9.24. The third kappa shape index (κ3) is 4.09. The van der Waals surface area contributed by atoms with E-state index in [1.165, 1.54) is 21.6 Å². The fraction of sp³-hybridized carbons (Fsp3) is 0.450. The zero-order valence-electron chi connectivity index (χ0n) is 14.9. The molecule has 2 aliphatic rings. The Kier molecular flexibility index (Phi) is 5.53. The topological polar surface area (TPSA) is 44.8 Å². The molecular weight excluding hydrogens is 346 g/mol. The van der Waals surface area contributed by atoms with Gasteiger partial charge in [0.05, 0.1) is 13.2 Å². The van der Waals surface area contributed by atoms with Gasteiger partial charge in [0.25, 0.3) is 0 Å². The summed E-state index contributed by atoms with van der Waals surface area (Å²) in [6, 6.07) is 10.6. The van der Waals surface area contributed by atoms with Crippen LogP contribution in [-0.2, 0) is 30.8 Å². The van der Waals surface area contributed by atoms with E-state index in [9.17, 15) is 4.79 Å². The highest BCUT2D eigenvalue weighted by molar-refractivity contribution is 7.10. The SMILES string of the molecule is O=C(NCc1ccccc1CN1CCOCC1)N1CCc2sccc2C1. The van der Waals surface area contributed by atoms with Crippen molar-refractivity contribution in [2.75, 3.05) is 32.8 Å². The summed E-state index contributed by atoms with van der Waals surface area (Å²) in [5.74, 6) is 0. The summed E-state index contributed by atoms with van der Waals surface area (Å²) in [5, 5.41) is 5.24. The summed E-state index contributed by atoms with van der Waals surface area (Å²) < 4.78 is 5.43. The number of morpholine rings is 1. The van der Waals surface area contributed by atoms with Crippen molar-refractivity contribution in [1.82, 2.24) is 15.1 Å². The van der Waals surface area contributed by atoms with Gasteiger partial charge in [0, 0.05) is 44.1 Å². The quantitative estimate of drug-likeness (QED) is 0.899. The van der Waals surface area contributed by atoms with E-state index in [0.29, 0.717) is 6.54 Å². The van der Waals surface area contributed by atoms with Crippen LogP contribution >= 0.6 is 11.3 Å². The molecule has 4 rings (SSSR count). The van der Waals surface area contributed by atoms with Gasteiger partial charge >= 0.3 is 6.03 Å². The van der Waals surface area contributed by atoms with Crippen LogP contribution in [0, 0.1) is 0 Å². The van der Waals surface area contributed by atoms with Crippen molar-refractivity contribution in [3.05, 3.63) is 57.3 Å². The molecule has 0 unspecified atom stereocenters. The molecule has 0 radical (unpaired) electrons. The molecule has 26 heavy (non-hydrogen) atoms. The van der Waals surface area contributed by atoms with E-state index in [2.05, 4.69) is 39.9 Å². The van der Waals surface area contributed by atoms with Crippen LogP contribution in [0.2, 0.25) is 0 Å². The lowest BCUT2D eigenvalue weighted by atomic mass is 10.1. The molecule has 2 aliphatic heterocycles. The zero-order chi connectivity index (χ0) is 17.8. The normalized spacial score (nSPS) is 17.8. The van der Waals surface area contributed by atoms with E-state index in [1.54, 1.807) is 11.3 Å². The van der Waals surface area contributed by atoms with Crippen LogP contribution in [0.5, 0.6) is 0 Å².